The molecule has 0 fully saturated rings. The van der Waals surface area contributed by atoms with Crippen molar-refractivity contribution in [2.24, 2.45) is 0 Å². The molecule has 1 aromatic heterocycles. The summed E-state index contributed by atoms with van der Waals surface area (Å²) in [6, 6.07) is 14.1. The Bertz CT molecular complexity index is 789. The molecule has 0 saturated heterocycles. The van der Waals surface area contributed by atoms with Crippen LogP contribution >= 0.6 is 11.6 Å². The van der Waals surface area contributed by atoms with E-state index in [0.717, 1.165) is 22.2 Å². The molecule has 21 heavy (non-hydrogen) atoms. The summed E-state index contributed by atoms with van der Waals surface area (Å²) >= 11 is 5.99. The summed E-state index contributed by atoms with van der Waals surface area (Å²) in [5, 5.41) is 5.05. The summed E-state index contributed by atoms with van der Waals surface area (Å²) in [5.74, 6) is -0.229. The van der Waals surface area contributed by atoms with Gasteiger partial charge < -0.3 is 5.32 Å². The van der Waals surface area contributed by atoms with Crippen LogP contribution in [0, 0.1) is 5.82 Å². The van der Waals surface area contributed by atoms with E-state index >= 15 is 0 Å². The van der Waals surface area contributed by atoms with Crippen molar-refractivity contribution in [3.8, 4) is 0 Å². The summed E-state index contributed by atoms with van der Waals surface area (Å²) < 4.78 is 13.3. The molecule has 106 valence electrons. The van der Waals surface area contributed by atoms with E-state index in [4.69, 9.17) is 11.6 Å². The van der Waals surface area contributed by atoms with Crippen LogP contribution in [-0.2, 0) is 0 Å². The van der Waals surface area contributed by atoms with Gasteiger partial charge in [0.1, 0.15) is 5.82 Å². The first-order valence-electron chi connectivity index (χ1n) is 6.70. The molecule has 0 aliphatic carbocycles. The fourth-order valence-electron chi connectivity index (χ4n) is 2.34. The molecule has 0 amide bonds. The Hall–Kier alpha value is -2.13. The van der Waals surface area contributed by atoms with Crippen LogP contribution in [0.15, 0.2) is 54.7 Å². The van der Waals surface area contributed by atoms with Gasteiger partial charge in [-0.15, -0.1) is 0 Å². The van der Waals surface area contributed by atoms with Crippen LogP contribution in [0.4, 0.5) is 10.1 Å². The number of hydrogen-bond acceptors (Lipinski definition) is 2. The summed E-state index contributed by atoms with van der Waals surface area (Å²) in [6.07, 6.45) is 1.74. The smallest absolute Gasteiger partial charge is 0.123 e. The lowest BCUT2D eigenvalue weighted by Crippen LogP contribution is -2.07. The highest BCUT2D eigenvalue weighted by Crippen LogP contribution is 2.27. The minimum absolute atomic E-state index is 0.0121. The molecule has 0 saturated carbocycles. The minimum Gasteiger partial charge on any atom is -0.378 e. The predicted molar refractivity (Wildman–Crippen MR) is 85.2 cm³/mol. The van der Waals surface area contributed by atoms with Gasteiger partial charge in [0.25, 0.3) is 0 Å². The predicted octanol–water partition coefficient (Wildman–Crippen LogP) is 5.20. The minimum atomic E-state index is -0.229. The Morgan fingerprint density at radius 2 is 2.00 bits per heavy atom. The highest BCUT2D eigenvalue weighted by Gasteiger charge is 2.09. The van der Waals surface area contributed by atoms with E-state index in [-0.39, 0.29) is 11.9 Å². The Morgan fingerprint density at radius 1 is 1.14 bits per heavy atom. The number of fused-ring (bicyclic) bond motifs is 1. The Morgan fingerprint density at radius 3 is 2.81 bits per heavy atom. The lowest BCUT2D eigenvalue weighted by molar-refractivity contribution is 0.623. The highest BCUT2D eigenvalue weighted by atomic mass is 35.5. The fraction of sp³-hybridized carbons (Fsp3) is 0.118. The van der Waals surface area contributed by atoms with Crippen LogP contribution < -0.4 is 5.32 Å². The van der Waals surface area contributed by atoms with Crippen LogP contribution in [0.1, 0.15) is 18.5 Å². The first-order chi connectivity index (χ1) is 10.1. The van der Waals surface area contributed by atoms with E-state index in [0.29, 0.717) is 5.02 Å². The monoisotopic (exact) mass is 300 g/mol. The fourth-order valence-corrected chi connectivity index (χ4v) is 2.51. The Labute approximate surface area is 127 Å². The highest BCUT2D eigenvalue weighted by molar-refractivity contribution is 6.31. The third kappa shape index (κ3) is 2.98. The summed E-state index contributed by atoms with van der Waals surface area (Å²) in [6.45, 7) is 2.00. The van der Waals surface area contributed by atoms with E-state index in [2.05, 4.69) is 10.3 Å². The molecule has 4 heteroatoms. The molecule has 3 aromatic rings. The van der Waals surface area contributed by atoms with Crippen molar-refractivity contribution in [3.63, 3.8) is 0 Å². The second-order valence-corrected chi connectivity index (χ2v) is 5.38. The van der Waals surface area contributed by atoms with Gasteiger partial charge >= 0.3 is 0 Å². The van der Waals surface area contributed by atoms with Gasteiger partial charge in [-0.25, -0.2) is 4.39 Å². The van der Waals surface area contributed by atoms with Gasteiger partial charge in [0.2, 0.25) is 0 Å². The van der Waals surface area contributed by atoms with Crippen molar-refractivity contribution in [2.75, 3.05) is 5.32 Å². The quantitative estimate of drug-likeness (QED) is 0.719. The largest absolute Gasteiger partial charge is 0.378 e. The molecular formula is C17H14ClFN2. The van der Waals surface area contributed by atoms with Gasteiger partial charge in [0.05, 0.1) is 5.52 Å². The summed E-state index contributed by atoms with van der Waals surface area (Å²) in [4.78, 5) is 4.31. The van der Waals surface area contributed by atoms with Crippen LogP contribution in [0.3, 0.4) is 0 Å². The van der Waals surface area contributed by atoms with Gasteiger partial charge in [-0.2, -0.15) is 0 Å². The molecule has 0 aliphatic rings. The average Bonchev–Trinajstić information content (AvgIpc) is 2.47. The number of pyridine rings is 1. The lowest BCUT2D eigenvalue weighted by atomic mass is 10.1. The maximum absolute atomic E-state index is 13.3. The number of halogens is 2. The maximum atomic E-state index is 13.3. The van der Waals surface area contributed by atoms with E-state index in [1.165, 1.54) is 12.1 Å². The van der Waals surface area contributed by atoms with Gasteiger partial charge in [-0.1, -0.05) is 23.7 Å². The van der Waals surface area contributed by atoms with Gasteiger partial charge in [-0.3, -0.25) is 4.98 Å². The molecule has 1 atom stereocenters. The second kappa shape index (κ2) is 5.70. The molecule has 1 heterocycles. The van der Waals surface area contributed by atoms with Crippen molar-refractivity contribution in [1.82, 2.24) is 4.98 Å². The summed E-state index contributed by atoms with van der Waals surface area (Å²) in [7, 11) is 0. The van der Waals surface area contributed by atoms with Gasteiger partial charge in [0.15, 0.2) is 0 Å². The normalized spacial score (nSPS) is 12.3. The topological polar surface area (TPSA) is 24.9 Å². The standard InChI is InChI=1S/C17H14ClFN2/c1-11(12-3-2-4-14(19)9-12)21-16-7-8-20-17-10-13(18)5-6-15(16)17/h2-11H,1H3,(H,20,21). The van der Waals surface area contributed by atoms with Gasteiger partial charge in [-0.05, 0) is 48.9 Å². The average molecular weight is 301 g/mol. The number of nitrogens with one attached hydrogen (secondary N) is 1. The summed E-state index contributed by atoms with van der Waals surface area (Å²) in [5.41, 5.74) is 2.68. The molecule has 0 bridgehead atoms. The third-order valence-electron chi connectivity index (χ3n) is 3.43. The number of rotatable bonds is 3. The first-order valence-corrected chi connectivity index (χ1v) is 7.07. The lowest BCUT2D eigenvalue weighted by Gasteiger charge is -2.17. The van der Waals surface area contributed by atoms with Crippen molar-refractivity contribution >= 4 is 28.2 Å². The zero-order chi connectivity index (χ0) is 14.8. The van der Waals surface area contributed by atoms with Crippen LogP contribution in [0.2, 0.25) is 5.02 Å². The number of nitrogens with zero attached hydrogens (tertiary/aromatic N) is 1. The van der Waals surface area contributed by atoms with E-state index in [1.807, 2.05) is 37.3 Å². The molecule has 2 aromatic carbocycles. The molecule has 0 spiro atoms. The van der Waals surface area contributed by atoms with Crippen molar-refractivity contribution < 1.29 is 4.39 Å². The number of hydrogen-bond donors (Lipinski definition) is 1. The van der Waals surface area contributed by atoms with Crippen LogP contribution in [-0.4, -0.2) is 4.98 Å². The van der Waals surface area contributed by atoms with E-state index < -0.39 is 0 Å². The van der Waals surface area contributed by atoms with Gasteiger partial charge in [0, 0.05) is 28.3 Å². The third-order valence-corrected chi connectivity index (χ3v) is 3.66. The molecule has 0 radical (unpaired) electrons. The van der Waals surface area contributed by atoms with E-state index in [1.54, 1.807) is 12.3 Å². The van der Waals surface area contributed by atoms with Crippen LogP contribution in [0.25, 0.3) is 10.9 Å². The molecule has 2 nitrogen and oxygen atoms in total. The molecule has 1 unspecified atom stereocenters. The zero-order valence-corrected chi connectivity index (χ0v) is 12.2. The Balaban J connectivity index is 1.94. The number of benzene rings is 2. The Kier molecular flexibility index (Phi) is 3.76. The zero-order valence-electron chi connectivity index (χ0n) is 11.5. The molecular weight excluding hydrogens is 287 g/mol. The van der Waals surface area contributed by atoms with Crippen molar-refractivity contribution in [2.45, 2.75) is 13.0 Å². The van der Waals surface area contributed by atoms with E-state index in [9.17, 15) is 4.39 Å². The molecule has 0 aliphatic heterocycles. The van der Waals surface area contributed by atoms with Crippen LogP contribution in [0.5, 0.6) is 0 Å². The first kappa shape index (κ1) is 13.8. The second-order valence-electron chi connectivity index (χ2n) is 4.94. The van der Waals surface area contributed by atoms with Crippen molar-refractivity contribution in [1.29, 1.82) is 0 Å². The maximum Gasteiger partial charge on any atom is 0.123 e. The SMILES string of the molecule is CC(Nc1ccnc2cc(Cl)ccc12)c1cccc(F)c1. The number of anilines is 1. The van der Waals surface area contributed by atoms with Crippen molar-refractivity contribution in [3.05, 3.63) is 71.1 Å². The molecule has 1 N–H and O–H groups in total. The number of aromatic nitrogens is 1. The molecule has 3 rings (SSSR count).